The molecule has 0 aromatic heterocycles. The molecule has 1 aromatic rings. The van der Waals surface area contributed by atoms with Crippen LogP contribution in [0.15, 0.2) is 18.2 Å². The summed E-state index contributed by atoms with van der Waals surface area (Å²) < 4.78 is 5.42. The molecule has 3 heteroatoms. The molecule has 2 fully saturated rings. The first kappa shape index (κ1) is 13.6. The molecule has 21 heavy (non-hydrogen) atoms. The Balaban J connectivity index is 1.60. The van der Waals surface area contributed by atoms with Crippen molar-refractivity contribution in [1.29, 1.82) is 0 Å². The maximum Gasteiger partial charge on any atom is 0.119 e. The summed E-state index contributed by atoms with van der Waals surface area (Å²) in [7, 11) is 3.86. The SMILES string of the molecule is CNC1c2cc(OC)ccc2CC1N(CC1CC1)C1CC1. The van der Waals surface area contributed by atoms with E-state index in [2.05, 4.69) is 35.5 Å². The van der Waals surface area contributed by atoms with Gasteiger partial charge >= 0.3 is 0 Å². The van der Waals surface area contributed by atoms with Gasteiger partial charge in [-0.3, -0.25) is 4.90 Å². The van der Waals surface area contributed by atoms with Gasteiger partial charge in [-0.05, 0) is 68.3 Å². The molecule has 0 amide bonds. The standard InChI is InChI=1S/C18H26N2O/c1-19-18-16-10-15(21-2)8-5-13(16)9-17(18)20(14-6-7-14)11-12-3-4-12/h5,8,10,12,14,17-19H,3-4,6-7,9,11H2,1-2H3. The fourth-order valence-corrected chi connectivity index (χ4v) is 3.94. The second kappa shape index (κ2) is 5.29. The first-order valence-electron chi connectivity index (χ1n) is 8.40. The minimum atomic E-state index is 0.453. The van der Waals surface area contributed by atoms with Crippen LogP contribution < -0.4 is 10.1 Å². The predicted octanol–water partition coefficient (Wildman–Crippen LogP) is 2.75. The number of rotatable bonds is 6. The highest BCUT2D eigenvalue weighted by Crippen LogP contribution is 2.43. The van der Waals surface area contributed by atoms with Crippen LogP contribution in [-0.2, 0) is 6.42 Å². The molecule has 0 bridgehead atoms. The van der Waals surface area contributed by atoms with Gasteiger partial charge in [0.25, 0.3) is 0 Å². The van der Waals surface area contributed by atoms with Crippen molar-refractivity contribution in [2.45, 2.75) is 50.2 Å². The summed E-state index contributed by atoms with van der Waals surface area (Å²) in [6.07, 6.45) is 6.88. The first-order chi connectivity index (χ1) is 10.3. The zero-order chi connectivity index (χ0) is 14.4. The van der Waals surface area contributed by atoms with Crippen molar-refractivity contribution < 1.29 is 4.74 Å². The number of nitrogens with one attached hydrogen (secondary N) is 1. The van der Waals surface area contributed by atoms with Crippen molar-refractivity contribution in [1.82, 2.24) is 10.2 Å². The number of ether oxygens (including phenoxy) is 1. The summed E-state index contributed by atoms with van der Waals surface area (Å²) in [4.78, 5) is 2.82. The van der Waals surface area contributed by atoms with E-state index in [1.165, 1.54) is 49.8 Å². The molecule has 4 rings (SSSR count). The van der Waals surface area contributed by atoms with Crippen LogP contribution in [0.1, 0.15) is 42.9 Å². The average Bonchev–Trinajstić information content (AvgIpc) is 3.40. The van der Waals surface area contributed by atoms with Crippen LogP contribution in [0, 0.1) is 5.92 Å². The molecular weight excluding hydrogens is 260 g/mol. The number of nitrogens with zero attached hydrogens (tertiary/aromatic N) is 1. The molecule has 3 aliphatic rings. The Hall–Kier alpha value is -1.06. The summed E-state index contributed by atoms with van der Waals surface area (Å²) >= 11 is 0. The number of fused-ring (bicyclic) bond motifs is 1. The van der Waals surface area contributed by atoms with Gasteiger partial charge in [0.2, 0.25) is 0 Å². The van der Waals surface area contributed by atoms with E-state index in [4.69, 9.17) is 4.74 Å². The second-order valence-electron chi connectivity index (χ2n) is 6.97. The summed E-state index contributed by atoms with van der Waals surface area (Å²) in [6.45, 7) is 1.32. The van der Waals surface area contributed by atoms with Crippen molar-refractivity contribution in [3.63, 3.8) is 0 Å². The van der Waals surface area contributed by atoms with Gasteiger partial charge in [0.15, 0.2) is 0 Å². The smallest absolute Gasteiger partial charge is 0.119 e. The molecule has 1 aromatic carbocycles. The fraction of sp³-hybridized carbons (Fsp3) is 0.667. The van der Waals surface area contributed by atoms with E-state index in [-0.39, 0.29) is 0 Å². The highest BCUT2D eigenvalue weighted by atomic mass is 16.5. The molecule has 114 valence electrons. The third kappa shape index (κ3) is 2.58. The van der Waals surface area contributed by atoms with Gasteiger partial charge in [-0.2, -0.15) is 0 Å². The van der Waals surface area contributed by atoms with E-state index in [9.17, 15) is 0 Å². The second-order valence-corrected chi connectivity index (χ2v) is 6.97. The lowest BCUT2D eigenvalue weighted by molar-refractivity contribution is 0.153. The zero-order valence-corrected chi connectivity index (χ0v) is 13.1. The number of likely N-dealkylation sites (N-methyl/N-ethyl adjacent to an activating group) is 1. The molecule has 0 radical (unpaired) electrons. The van der Waals surface area contributed by atoms with Crippen LogP contribution in [0.5, 0.6) is 5.75 Å². The van der Waals surface area contributed by atoms with Gasteiger partial charge in [0.05, 0.1) is 7.11 Å². The third-order valence-corrected chi connectivity index (χ3v) is 5.42. The Labute approximate surface area is 127 Å². The Morgan fingerprint density at radius 1 is 1.24 bits per heavy atom. The van der Waals surface area contributed by atoms with Crippen molar-refractivity contribution in [2.24, 2.45) is 5.92 Å². The lowest BCUT2D eigenvalue weighted by atomic mass is 10.1. The molecule has 1 N–H and O–H groups in total. The molecule has 0 spiro atoms. The van der Waals surface area contributed by atoms with Crippen LogP contribution >= 0.6 is 0 Å². The van der Waals surface area contributed by atoms with Crippen molar-refractivity contribution in [2.75, 3.05) is 20.7 Å². The van der Waals surface area contributed by atoms with Crippen LogP contribution in [0.2, 0.25) is 0 Å². The van der Waals surface area contributed by atoms with E-state index in [0.29, 0.717) is 12.1 Å². The van der Waals surface area contributed by atoms with E-state index >= 15 is 0 Å². The largest absolute Gasteiger partial charge is 0.497 e. The van der Waals surface area contributed by atoms with Gasteiger partial charge in [-0.25, -0.2) is 0 Å². The first-order valence-corrected chi connectivity index (χ1v) is 8.40. The minimum Gasteiger partial charge on any atom is -0.497 e. The van der Waals surface area contributed by atoms with E-state index in [1.807, 2.05) is 0 Å². The summed E-state index contributed by atoms with van der Waals surface area (Å²) in [5.74, 6) is 1.95. The summed E-state index contributed by atoms with van der Waals surface area (Å²) in [5, 5.41) is 3.58. The average molecular weight is 286 g/mol. The highest BCUT2D eigenvalue weighted by Gasteiger charge is 2.43. The Bertz CT molecular complexity index is 522. The molecule has 0 aliphatic heterocycles. The summed E-state index contributed by atoms with van der Waals surface area (Å²) in [6, 6.07) is 8.54. The molecule has 0 heterocycles. The predicted molar refractivity (Wildman–Crippen MR) is 84.7 cm³/mol. The van der Waals surface area contributed by atoms with Gasteiger partial charge in [0.1, 0.15) is 5.75 Å². The molecular formula is C18H26N2O. The normalized spacial score (nSPS) is 28.0. The number of methoxy groups -OCH3 is 1. The molecule has 0 saturated heterocycles. The number of benzene rings is 1. The molecule has 2 saturated carbocycles. The van der Waals surface area contributed by atoms with Crippen LogP contribution in [0.3, 0.4) is 0 Å². The van der Waals surface area contributed by atoms with Crippen LogP contribution in [-0.4, -0.2) is 37.7 Å². The molecule has 2 unspecified atom stereocenters. The van der Waals surface area contributed by atoms with Crippen molar-refractivity contribution in [3.8, 4) is 5.75 Å². The fourth-order valence-electron chi connectivity index (χ4n) is 3.94. The Morgan fingerprint density at radius 3 is 2.67 bits per heavy atom. The maximum atomic E-state index is 5.42. The third-order valence-electron chi connectivity index (χ3n) is 5.42. The monoisotopic (exact) mass is 286 g/mol. The molecule has 2 atom stereocenters. The lowest BCUT2D eigenvalue weighted by Crippen LogP contribution is -2.44. The molecule has 3 nitrogen and oxygen atoms in total. The highest BCUT2D eigenvalue weighted by molar-refractivity contribution is 5.43. The number of hydrogen-bond donors (Lipinski definition) is 1. The zero-order valence-electron chi connectivity index (χ0n) is 13.1. The summed E-state index contributed by atoms with van der Waals surface area (Å²) in [5.41, 5.74) is 2.95. The number of hydrogen-bond acceptors (Lipinski definition) is 3. The Morgan fingerprint density at radius 2 is 2.05 bits per heavy atom. The van der Waals surface area contributed by atoms with Crippen LogP contribution in [0.25, 0.3) is 0 Å². The lowest BCUT2D eigenvalue weighted by Gasteiger charge is -2.33. The minimum absolute atomic E-state index is 0.453. The van der Waals surface area contributed by atoms with Crippen molar-refractivity contribution in [3.05, 3.63) is 29.3 Å². The van der Waals surface area contributed by atoms with Gasteiger partial charge in [-0.1, -0.05) is 6.07 Å². The maximum absolute atomic E-state index is 5.42. The molecule has 3 aliphatic carbocycles. The van der Waals surface area contributed by atoms with Gasteiger partial charge in [-0.15, -0.1) is 0 Å². The van der Waals surface area contributed by atoms with Crippen LogP contribution in [0.4, 0.5) is 0 Å². The van der Waals surface area contributed by atoms with E-state index in [0.717, 1.165) is 17.7 Å². The van der Waals surface area contributed by atoms with Crippen molar-refractivity contribution >= 4 is 0 Å². The van der Waals surface area contributed by atoms with Gasteiger partial charge in [0, 0.05) is 24.7 Å². The topological polar surface area (TPSA) is 24.5 Å². The Kier molecular flexibility index (Phi) is 3.43. The van der Waals surface area contributed by atoms with E-state index in [1.54, 1.807) is 7.11 Å². The van der Waals surface area contributed by atoms with Gasteiger partial charge < -0.3 is 10.1 Å². The quantitative estimate of drug-likeness (QED) is 0.870. The van der Waals surface area contributed by atoms with E-state index < -0.39 is 0 Å².